The molecule has 5 heteroatoms. The smallest absolute Gasteiger partial charge is 0.236 e. The summed E-state index contributed by atoms with van der Waals surface area (Å²) in [5.74, 6) is 0.390. The number of anilines is 1. The molecule has 0 unspecified atom stereocenters. The molecule has 1 heterocycles. The fraction of sp³-hybridized carbons (Fsp3) is 0.231. The van der Waals surface area contributed by atoms with Gasteiger partial charge in [0, 0.05) is 16.0 Å². The first-order chi connectivity index (χ1) is 8.65. The fourth-order valence-electron chi connectivity index (χ4n) is 1.43. The van der Waals surface area contributed by atoms with Crippen molar-refractivity contribution in [2.45, 2.75) is 18.7 Å². The molecular formula is C13H14N2OS2. The largest absolute Gasteiger partial charge is 0.301 e. The second-order valence-corrected chi connectivity index (χ2v) is 6.13. The number of amides is 1. The van der Waals surface area contributed by atoms with Crippen molar-refractivity contribution < 1.29 is 4.79 Å². The van der Waals surface area contributed by atoms with Gasteiger partial charge in [0.2, 0.25) is 5.91 Å². The van der Waals surface area contributed by atoms with Gasteiger partial charge < -0.3 is 5.32 Å². The zero-order valence-corrected chi connectivity index (χ0v) is 11.9. The summed E-state index contributed by atoms with van der Waals surface area (Å²) in [6.45, 7) is 4.01. The molecule has 0 bridgehead atoms. The van der Waals surface area contributed by atoms with Crippen LogP contribution in [0.3, 0.4) is 0 Å². The lowest BCUT2D eigenvalue weighted by Gasteiger charge is -2.04. The Morgan fingerprint density at radius 3 is 2.83 bits per heavy atom. The summed E-state index contributed by atoms with van der Waals surface area (Å²) >= 11 is 3.03. The van der Waals surface area contributed by atoms with Gasteiger partial charge in [-0.15, -0.1) is 23.1 Å². The van der Waals surface area contributed by atoms with Crippen LogP contribution in [0.2, 0.25) is 0 Å². The molecule has 0 saturated carbocycles. The number of carbonyl (C=O) groups is 1. The standard InChI is InChI=1S/C13H14N2OS2/c1-9-5-3-4-6-11(9)17-8-12(16)15-13-14-7-10(2)18-13/h3-7H,8H2,1-2H3,(H,14,15,16). The molecule has 0 fully saturated rings. The Morgan fingerprint density at radius 2 is 2.17 bits per heavy atom. The lowest BCUT2D eigenvalue weighted by molar-refractivity contribution is -0.113. The van der Waals surface area contributed by atoms with Crippen LogP contribution in [-0.4, -0.2) is 16.6 Å². The molecule has 0 saturated heterocycles. The van der Waals surface area contributed by atoms with Crippen molar-refractivity contribution in [3.8, 4) is 0 Å². The van der Waals surface area contributed by atoms with E-state index in [0.29, 0.717) is 10.9 Å². The van der Waals surface area contributed by atoms with Gasteiger partial charge in [-0.05, 0) is 25.5 Å². The summed E-state index contributed by atoms with van der Waals surface area (Å²) in [5.41, 5.74) is 1.19. The number of hydrogen-bond acceptors (Lipinski definition) is 4. The van der Waals surface area contributed by atoms with Gasteiger partial charge in [-0.25, -0.2) is 4.98 Å². The highest BCUT2D eigenvalue weighted by atomic mass is 32.2. The van der Waals surface area contributed by atoms with E-state index >= 15 is 0 Å². The SMILES string of the molecule is Cc1cnc(NC(=O)CSc2ccccc2C)s1. The number of benzene rings is 1. The molecule has 0 aliphatic heterocycles. The van der Waals surface area contributed by atoms with Crippen molar-refractivity contribution in [3.05, 3.63) is 40.9 Å². The predicted molar refractivity (Wildman–Crippen MR) is 77.4 cm³/mol. The molecule has 0 aliphatic rings. The minimum absolute atomic E-state index is 0.0161. The highest BCUT2D eigenvalue weighted by Crippen LogP contribution is 2.22. The lowest BCUT2D eigenvalue weighted by atomic mass is 10.2. The molecule has 3 nitrogen and oxygen atoms in total. The van der Waals surface area contributed by atoms with E-state index in [1.54, 1.807) is 18.0 Å². The number of hydrogen-bond donors (Lipinski definition) is 1. The summed E-state index contributed by atoms with van der Waals surface area (Å²) < 4.78 is 0. The second-order valence-electron chi connectivity index (χ2n) is 3.88. The van der Waals surface area contributed by atoms with E-state index in [9.17, 15) is 4.79 Å². The minimum atomic E-state index is -0.0161. The Labute approximate surface area is 115 Å². The molecule has 1 amide bonds. The third-order valence-corrected chi connectivity index (χ3v) is 4.32. The van der Waals surface area contributed by atoms with E-state index in [2.05, 4.69) is 10.3 Å². The molecule has 2 aromatic rings. The van der Waals surface area contributed by atoms with Gasteiger partial charge in [0.15, 0.2) is 5.13 Å². The van der Waals surface area contributed by atoms with Crippen LogP contribution in [0, 0.1) is 13.8 Å². The molecule has 18 heavy (non-hydrogen) atoms. The van der Waals surface area contributed by atoms with Gasteiger partial charge in [-0.3, -0.25) is 4.79 Å². The van der Waals surface area contributed by atoms with E-state index in [-0.39, 0.29) is 5.91 Å². The number of aryl methyl sites for hydroxylation is 2. The van der Waals surface area contributed by atoms with Gasteiger partial charge in [-0.1, -0.05) is 18.2 Å². The van der Waals surface area contributed by atoms with Gasteiger partial charge in [-0.2, -0.15) is 0 Å². The van der Waals surface area contributed by atoms with Crippen LogP contribution in [0.4, 0.5) is 5.13 Å². The first kappa shape index (κ1) is 13.1. The minimum Gasteiger partial charge on any atom is -0.301 e. The quantitative estimate of drug-likeness (QED) is 0.870. The molecule has 1 aromatic heterocycles. The van der Waals surface area contributed by atoms with E-state index in [1.807, 2.05) is 38.1 Å². The zero-order chi connectivity index (χ0) is 13.0. The number of thioether (sulfide) groups is 1. The second kappa shape index (κ2) is 6.02. The van der Waals surface area contributed by atoms with E-state index in [1.165, 1.54) is 16.9 Å². The van der Waals surface area contributed by atoms with Gasteiger partial charge in [0.05, 0.1) is 5.75 Å². The average Bonchev–Trinajstić information content (AvgIpc) is 2.74. The molecule has 94 valence electrons. The highest BCUT2D eigenvalue weighted by Gasteiger charge is 2.07. The van der Waals surface area contributed by atoms with Crippen molar-refractivity contribution >= 4 is 34.1 Å². The number of rotatable bonds is 4. The Bertz CT molecular complexity index is 551. The molecular weight excluding hydrogens is 264 g/mol. The number of nitrogens with zero attached hydrogens (tertiary/aromatic N) is 1. The first-order valence-electron chi connectivity index (χ1n) is 5.56. The monoisotopic (exact) mass is 278 g/mol. The highest BCUT2D eigenvalue weighted by molar-refractivity contribution is 8.00. The Kier molecular flexibility index (Phi) is 4.38. The Balaban J connectivity index is 1.87. The van der Waals surface area contributed by atoms with Crippen molar-refractivity contribution in [2.75, 3.05) is 11.1 Å². The van der Waals surface area contributed by atoms with Crippen molar-refractivity contribution in [1.82, 2.24) is 4.98 Å². The average molecular weight is 278 g/mol. The van der Waals surface area contributed by atoms with Crippen LogP contribution >= 0.6 is 23.1 Å². The first-order valence-corrected chi connectivity index (χ1v) is 7.36. The fourth-order valence-corrected chi connectivity index (χ4v) is 2.94. The van der Waals surface area contributed by atoms with Gasteiger partial charge in [0.25, 0.3) is 0 Å². The summed E-state index contributed by atoms with van der Waals surface area (Å²) in [6.07, 6.45) is 1.76. The van der Waals surface area contributed by atoms with Crippen molar-refractivity contribution in [1.29, 1.82) is 0 Å². The normalized spacial score (nSPS) is 10.3. The van der Waals surface area contributed by atoms with Crippen LogP contribution in [0.15, 0.2) is 35.4 Å². The zero-order valence-electron chi connectivity index (χ0n) is 10.3. The molecule has 0 radical (unpaired) electrons. The maximum atomic E-state index is 11.7. The van der Waals surface area contributed by atoms with Crippen molar-refractivity contribution in [2.24, 2.45) is 0 Å². The predicted octanol–water partition coefficient (Wildman–Crippen LogP) is 3.49. The third-order valence-electron chi connectivity index (χ3n) is 2.32. The van der Waals surface area contributed by atoms with Crippen LogP contribution in [0.1, 0.15) is 10.4 Å². The maximum absolute atomic E-state index is 11.7. The summed E-state index contributed by atoms with van der Waals surface area (Å²) in [4.78, 5) is 18.1. The lowest BCUT2D eigenvalue weighted by Crippen LogP contribution is -2.13. The molecule has 0 aliphatic carbocycles. The number of nitrogens with one attached hydrogen (secondary N) is 1. The van der Waals surface area contributed by atoms with E-state index < -0.39 is 0 Å². The Morgan fingerprint density at radius 1 is 1.39 bits per heavy atom. The summed E-state index contributed by atoms with van der Waals surface area (Å²) in [7, 11) is 0. The van der Waals surface area contributed by atoms with E-state index in [4.69, 9.17) is 0 Å². The maximum Gasteiger partial charge on any atom is 0.236 e. The molecule has 0 spiro atoms. The number of thiazole rings is 1. The molecule has 1 aromatic carbocycles. The third kappa shape index (κ3) is 3.58. The molecule has 0 atom stereocenters. The number of aromatic nitrogens is 1. The van der Waals surface area contributed by atoms with E-state index in [0.717, 1.165) is 9.77 Å². The van der Waals surface area contributed by atoms with Crippen LogP contribution in [-0.2, 0) is 4.79 Å². The van der Waals surface area contributed by atoms with Gasteiger partial charge in [0.1, 0.15) is 0 Å². The Hall–Kier alpha value is -1.33. The molecule has 1 N–H and O–H groups in total. The topological polar surface area (TPSA) is 42.0 Å². The molecule has 2 rings (SSSR count). The summed E-state index contributed by atoms with van der Waals surface area (Å²) in [5, 5.41) is 3.47. The van der Waals surface area contributed by atoms with Crippen LogP contribution < -0.4 is 5.32 Å². The summed E-state index contributed by atoms with van der Waals surface area (Å²) in [6, 6.07) is 8.06. The number of carbonyl (C=O) groups excluding carboxylic acids is 1. The van der Waals surface area contributed by atoms with Gasteiger partial charge >= 0.3 is 0 Å². The van der Waals surface area contributed by atoms with Crippen molar-refractivity contribution in [3.63, 3.8) is 0 Å². The van der Waals surface area contributed by atoms with Crippen LogP contribution in [0.25, 0.3) is 0 Å². The van der Waals surface area contributed by atoms with Crippen LogP contribution in [0.5, 0.6) is 0 Å².